The first-order chi connectivity index (χ1) is 15.5. The molecule has 0 saturated heterocycles. The number of nitro benzene ring substituents is 1. The van der Waals surface area contributed by atoms with Gasteiger partial charge in [0.2, 0.25) is 0 Å². The Balaban J connectivity index is 1.75. The number of fused-ring (bicyclic) bond motifs is 1. The molecule has 0 radical (unpaired) electrons. The van der Waals surface area contributed by atoms with Gasteiger partial charge < -0.3 is 10.2 Å². The van der Waals surface area contributed by atoms with Gasteiger partial charge in [-0.3, -0.25) is 10.1 Å². The molecule has 7 heteroatoms. The number of aromatic nitrogens is 2. The summed E-state index contributed by atoms with van der Waals surface area (Å²) in [6, 6.07) is 14.7. The fourth-order valence-corrected chi connectivity index (χ4v) is 3.62. The smallest absolute Gasteiger partial charge is 0.269 e. The molecule has 0 aliphatic carbocycles. The van der Waals surface area contributed by atoms with Crippen molar-refractivity contribution in [2.45, 2.75) is 39.7 Å². The molecule has 0 spiro atoms. The van der Waals surface area contributed by atoms with Crippen LogP contribution in [-0.4, -0.2) is 45.5 Å². The van der Waals surface area contributed by atoms with E-state index in [1.807, 2.05) is 36.4 Å². The Morgan fingerprint density at radius 3 is 2.47 bits per heavy atom. The van der Waals surface area contributed by atoms with Crippen molar-refractivity contribution in [2.75, 3.05) is 25.0 Å². The highest BCUT2D eigenvalue weighted by Gasteiger charge is 2.10. The molecule has 1 heterocycles. The Morgan fingerprint density at radius 1 is 1.06 bits per heavy atom. The van der Waals surface area contributed by atoms with Crippen molar-refractivity contribution < 1.29 is 4.92 Å². The van der Waals surface area contributed by atoms with E-state index in [1.54, 1.807) is 12.1 Å². The molecule has 1 atom stereocenters. The van der Waals surface area contributed by atoms with Gasteiger partial charge in [-0.15, -0.1) is 0 Å². The molecule has 0 saturated carbocycles. The van der Waals surface area contributed by atoms with Crippen LogP contribution in [0.1, 0.15) is 45.0 Å². The third-order valence-electron chi connectivity index (χ3n) is 5.54. The van der Waals surface area contributed by atoms with E-state index in [1.165, 1.54) is 12.1 Å². The molecule has 1 N–H and O–H groups in total. The molecule has 3 aromatic rings. The zero-order valence-electron chi connectivity index (χ0n) is 19.0. The van der Waals surface area contributed by atoms with Crippen molar-refractivity contribution >= 4 is 34.6 Å². The number of nitro groups is 1. The van der Waals surface area contributed by atoms with Crippen molar-refractivity contribution in [3.05, 3.63) is 70.0 Å². The molecule has 0 fully saturated rings. The molecule has 0 bridgehead atoms. The lowest BCUT2D eigenvalue weighted by atomic mass is 10.1. The molecule has 2 aromatic carbocycles. The highest BCUT2D eigenvalue weighted by molar-refractivity contribution is 5.90. The van der Waals surface area contributed by atoms with Crippen molar-refractivity contribution in [1.29, 1.82) is 0 Å². The van der Waals surface area contributed by atoms with Crippen LogP contribution in [0.25, 0.3) is 23.1 Å². The van der Waals surface area contributed by atoms with Gasteiger partial charge in [-0.25, -0.2) is 9.97 Å². The number of rotatable bonds is 11. The van der Waals surface area contributed by atoms with Crippen molar-refractivity contribution in [3.63, 3.8) is 0 Å². The van der Waals surface area contributed by atoms with E-state index in [4.69, 9.17) is 4.98 Å². The van der Waals surface area contributed by atoms with Crippen LogP contribution in [0.3, 0.4) is 0 Å². The fourth-order valence-electron chi connectivity index (χ4n) is 3.62. The van der Waals surface area contributed by atoms with Crippen molar-refractivity contribution in [2.24, 2.45) is 0 Å². The van der Waals surface area contributed by atoms with E-state index in [0.717, 1.165) is 54.8 Å². The number of anilines is 1. The summed E-state index contributed by atoms with van der Waals surface area (Å²) < 4.78 is 0. The molecule has 0 aliphatic heterocycles. The predicted octanol–water partition coefficient (Wildman–Crippen LogP) is 5.63. The normalized spacial score (nSPS) is 12.5. The molecular formula is C25H31N5O2. The molecule has 3 rings (SSSR count). The predicted molar refractivity (Wildman–Crippen MR) is 132 cm³/mol. The zero-order valence-corrected chi connectivity index (χ0v) is 19.0. The SMILES string of the molecule is CCN(CC)CCCC(C)Nc1nc(/C=C/c2ccc([N+](=O)[O-])cc2)nc2ccccc12. The number of para-hydroxylation sites is 1. The second-order valence-corrected chi connectivity index (χ2v) is 7.84. The average molecular weight is 434 g/mol. The average Bonchev–Trinajstić information content (AvgIpc) is 2.81. The van der Waals surface area contributed by atoms with Gasteiger partial charge in [-0.05, 0) is 75.3 Å². The monoisotopic (exact) mass is 433 g/mol. The first kappa shape index (κ1) is 23.3. The highest BCUT2D eigenvalue weighted by atomic mass is 16.6. The Kier molecular flexibility index (Phi) is 8.27. The fraction of sp³-hybridized carbons (Fsp3) is 0.360. The van der Waals surface area contributed by atoms with Crippen molar-refractivity contribution in [1.82, 2.24) is 14.9 Å². The maximum Gasteiger partial charge on any atom is 0.269 e. The van der Waals surface area contributed by atoms with Crippen LogP contribution in [0.15, 0.2) is 48.5 Å². The number of hydrogen-bond donors (Lipinski definition) is 1. The third kappa shape index (κ3) is 6.34. The van der Waals surface area contributed by atoms with Gasteiger partial charge in [0.1, 0.15) is 5.82 Å². The van der Waals surface area contributed by atoms with Gasteiger partial charge in [0.15, 0.2) is 5.82 Å². The maximum atomic E-state index is 10.8. The van der Waals surface area contributed by atoms with Gasteiger partial charge in [-0.2, -0.15) is 0 Å². The van der Waals surface area contributed by atoms with E-state index < -0.39 is 4.92 Å². The lowest BCUT2D eigenvalue weighted by molar-refractivity contribution is -0.384. The molecule has 32 heavy (non-hydrogen) atoms. The van der Waals surface area contributed by atoms with E-state index in [-0.39, 0.29) is 11.7 Å². The van der Waals surface area contributed by atoms with Crippen molar-refractivity contribution in [3.8, 4) is 0 Å². The standard InChI is InChI=1S/C25H31N5O2/c1-4-29(5-2)18-8-9-19(3)26-25-22-10-6-7-11-23(22)27-24(28-25)17-14-20-12-15-21(16-13-20)30(31)32/h6-7,10-17,19H,4-5,8-9,18H2,1-3H3,(H,26,27,28)/b17-14+. The summed E-state index contributed by atoms with van der Waals surface area (Å²) in [5.74, 6) is 1.43. The summed E-state index contributed by atoms with van der Waals surface area (Å²) in [4.78, 5) is 22.3. The Bertz CT molecular complexity index is 1060. The summed E-state index contributed by atoms with van der Waals surface area (Å²) in [7, 11) is 0. The van der Waals surface area contributed by atoms with Crippen LogP contribution in [0.4, 0.5) is 11.5 Å². The second kappa shape index (κ2) is 11.3. The number of hydrogen-bond acceptors (Lipinski definition) is 6. The Hall–Kier alpha value is -3.32. The molecule has 0 amide bonds. The van der Waals surface area contributed by atoms with Crippen LogP contribution >= 0.6 is 0 Å². The minimum Gasteiger partial charge on any atom is -0.367 e. The van der Waals surface area contributed by atoms with Gasteiger partial charge in [0.05, 0.1) is 10.4 Å². The largest absolute Gasteiger partial charge is 0.367 e. The maximum absolute atomic E-state index is 10.8. The first-order valence-electron chi connectivity index (χ1n) is 11.2. The van der Waals surface area contributed by atoms with E-state index in [9.17, 15) is 10.1 Å². The first-order valence-corrected chi connectivity index (χ1v) is 11.2. The Labute approximate surface area is 189 Å². The van der Waals surface area contributed by atoms with Crippen LogP contribution in [0.5, 0.6) is 0 Å². The lowest BCUT2D eigenvalue weighted by Gasteiger charge is -2.20. The summed E-state index contributed by atoms with van der Waals surface area (Å²) in [6.45, 7) is 9.85. The van der Waals surface area contributed by atoms with Gasteiger partial charge >= 0.3 is 0 Å². The van der Waals surface area contributed by atoms with Crippen LogP contribution in [0, 0.1) is 10.1 Å². The molecule has 168 valence electrons. The highest BCUT2D eigenvalue weighted by Crippen LogP contribution is 2.22. The molecular weight excluding hydrogens is 402 g/mol. The lowest BCUT2D eigenvalue weighted by Crippen LogP contribution is -2.25. The van der Waals surface area contributed by atoms with E-state index in [2.05, 4.69) is 36.0 Å². The van der Waals surface area contributed by atoms with Crippen LogP contribution in [-0.2, 0) is 0 Å². The number of nitrogens with one attached hydrogen (secondary N) is 1. The van der Waals surface area contributed by atoms with Gasteiger partial charge in [-0.1, -0.05) is 32.1 Å². The van der Waals surface area contributed by atoms with Gasteiger partial charge in [0, 0.05) is 23.6 Å². The van der Waals surface area contributed by atoms with E-state index >= 15 is 0 Å². The molecule has 7 nitrogen and oxygen atoms in total. The molecule has 1 unspecified atom stereocenters. The third-order valence-corrected chi connectivity index (χ3v) is 5.54. The second-order valence-electron chi connectivity index (χ2n) is 7.84. The van der Waals surface area contributed by atoms with E-state index in [0.29, 0.717) is 5.82 Å². The molecule has 1 aromatic heterocycles. The number of benzene rings is 2. The number of nitrogens with zero attached hydrogens (tertiary/aromatic N) is 4. The van der Waals surface area contributed by atoms with Crippen LogP contribution < -0.4 is 5.32 Å². The zero-order chi connectivity index (χ0) is 22.9. The summed E-state index contributed by atoms with van der Waals surface area (Å²) >= 11 is 0. The summed E-state index contributed by atoms with van der Waals surface area (Å²) in [5, 5.41) is 15.4. The minimum atomic E-state index is -0.402. The topological polar surface area (TPSA) is 84.2 Å². The minimum absolute atomic E-state index is 0.0746. The summed E-state index contributed by atoms with van der Waals surface area (Å²) in [5.41, 5.74) is 1.81. The molecule has 0 aliphatic rings. The van der Waals surface area contributed by atoms with Crippen LogP contribution in [0.2, 0.25) is 0 Å². The number of non-ortho nitro benzene ring substituents is 1. The summed E-state index contributed by atoms with van der Waals surface area (Å²) in [6.07, 6.45) is 5.89. The quantitative estimate of drug-likeness (QED) is 0.312. The Morgan fingerprint density at radius 2 is 1.78 bits per heavy atom. The van der Waals surface area contributed by atoms with Gasteiger partial charge in [0.25, 0.3) is 5.69 Å².